The van der Waals surface area contributed by atoms with Crippen molar-refractivity contribution < 1.29 is 9.84 Å². The molecule has 0 amide bonds. The minimum Gasteiger partial charge on any atom is -0.497 e. The van der Waals surface area contributed by atoms with Crippen LogP contribution in [0.3, 0.4) is 0 Å². The predicted molar refractivity (Wildman–Crippen MR) is 126 cm³/mol. The van der Waals surface area contributed by atoms with E-state index >= 15 is 0 Å². The summed E-state index contributed by atoms with van der Waals surface area (Å²) < 4.78 is 7.28. The molecule has 9 nitrogen and oxygen atoms in total. The van der Waals surface area contributed by atoms with Crippen LogP contribution < -0.4 is 10.3 Å². The first-order valence-electron chi connectivity index (χ1n) is 11.8. The zero-order valence-electron chi connectivity index (χ0n) is 19.7. The van der Waals surface area contributed by atoms with Crippen LogP contribution in [-0.4, -0.2) is 55.5 Å². The number of hydrogen-bond donors (Lipinski definition) is 2. The average Bonchev–Trinajstić information content (AvgIpc) is 3.49. The normalized spacial score (nSPS) is 15.7. The van der Waals surface area contributed by atoms with Gasteiger partial charge in [0.1, 0.15) is 5.75 Å². The molecule has 1 unspecified atom stereocenters. The molecule has 2 heterocycles. The number of hydrogen-bond acceptors (Lipinski definition) is 7. The summed E-state index contributed by atoms with van der Waals surface area (Å²) in [5.41, 5.74) is 1.30. The number of ether oxygens (including phenoxy) is 1. The van der Waals surface area contributed by atoms with Crippen molar-refractivity contribution in [2.45, 2.75) is 64.6 Å². The number of aliphatic hydroxyl groups excluding tert-OH is 1. The molecule has 1 aliphatic rings. The topological polar surface area (TPSA) is 109 Å². The van der Waals surface area contributed by atoms with E-state index < -0.39 is 0 Å². The van der Waals surface area contributed by atoms with Gasteiger partial charge in [-0.25, -0.2) is 4.68 Å². The summed E-state index contributed by atoms with van der Waals surface area (Å²) in [5, 5.41) is 23.3. The van der Waals surface area contributed by atoms with Gasteiger partial charge in [-0.15, -0.1) is 5.10 Å². The molecule has 9 heteroatoms. The molecule has 0 bridgehead atoms. The lowest BCUT2D eigenvalue weighted by Gasteiger charge is -2.34. The van der Waals surface area contributed by atoms with Crippen LogP contribution in [0.2, 0.25) is 0 Å². The van der Waals surface area contributed by atoms with Gasteiger partial charge in [-0.2, -0.15) is 0 Å². The number of nitrogens with zero attached hydrogens (tertiary/aromatic N) is 5. The number of methoxy groups -OCH3 is 1. The fraction of sp³-hybridized carbons (Fsp3) is 0.583. The second-order valence-electron chi connectivity index (χ2n) is 9.23. The van der Waals surface area contributed by atoms with Gasteiger partial charge in [-0.3, -0.25) is 9.69 Å². The molecule has 3 aromatic rings. The first kappa shape index (κ1) is 23.4. The van der Waals surface area contributed by atoms with E-state index in [0.29, 0.717) is 36.9 Å². The summed E-state index contributed by atoms with van der Waals surface area (Å²) >= 11 is 0. The standard InChI is InChI=1S/C24H34N6O3/c1-16(2)22(23-26-27-28-30(23)19-7-4-5-8-19)29(11-6-12-31)15-18-13-17-9-10-20(33-3)14-21(17)25-24(18)32/h9-10,13-14,16,19,22,31H,4-8,11-12,15H2,1-3H3,(H,25,32). The molecule has 33 heavy (non-hydrogen) atoms. The van der Waals surface area contributed by atoms with Crippen molar-refractivity contribution in [3.8, 4) is 5.75 Å². The van der Waals surface area contributed by atoms with Crippen molar-refractivity contribution in [2.24, 2.45) is 5.92 Å². The van der Waals surface area contributed by atoms with Gasteiger partial charge in [0, 0.05) is 31.3 Å². The minimum absolute atomic E-state index is 0.0712. The number of rotatable bonds is 10. The van der Waals surface area contributed by atoms with Crippen molar-refractivity contribution in [3.63, 3.8) is 0 Å². The molecule has 1 aliphatic carbocycles. The van der Waals surface area contributed by atoms with Gasteiger partial charge in [0.05, 0.1) is 24.7 Å². The van der Waals surface area contributed by atoms with Crippen LogP contribution in [0.25, 0.3) is 10.9 Å². The van der Waals surface area contributed by atoms with E-state index in [4.69, 9.17) is 4.74 Å². The number of nitrogens with one attached hydrogen (secondary N) is 1. The summed E-state index contributed by atoms with van der Waals surface area (Å²) in [6.07, 6.45) is 5.18. The molecule has 1 fully saturated rings. The molecule has 4 rings (SSSR count). The molecule has 0 spiro atoms. The molecular weight excluding hydrogens is 420 g/mol. The maximum absolute atomic E-state index is 13.0. The first-order valence-corrected chi connectivity index (χ1v) is 11.8. The third-order valence-electron chi connectivity index (χ3n) is 6.59. The zero-order chi connectivity index (χ0) is 23.4. The Kier molecular flexibility index (Phi) is 7.39. The van der Waals surface area contributed by atoms with Crippen LogP contribution in [0.1, 0.15) is 69.4 Å². The summed E-state index contributed by atoms with van der Waals surface area (Å²) in [4.78, 5) is 18.2. The minimum atomic E-state index is -0.123. The molecule has 1 saturated carbocycles. The SMILES string of the molecule is COc1ccc2cc(CN(CCCO)C(c3nnnn3C3CCCC3)C(C)C)c(=O)[nH]c2c1. The number of pyridine rings is 1. The van der Waals surface area contributed by atoms with Crippen LogP contribution in [0, 0.1) is 5.92 Å². The lowest BCUT2D eigenvalue weighted by atomic mass is 9.99. The molecule has 2 aromatic heterocycles. The van der Waals surface area contributed by atoms with E-state index in [0.717, 1.165) is 29.6 Å². The van der Waals surface area contributed by atoms with Gasteiger partial charge in [0.25, 0.3) is 5.56 Å². The van der Waals surface area contributed by atoms with E-state index in [2.05, 4.69) is 39.3 Å². The van der Waals surface area contributed by atoms with Crippen LogP contribution in [0.5, 0.6) is 5.75 Å². The smallest absolute Gasteiger partial charge is 0.252 e. The Morgan fingerprint density at radius 1 is 1.27 bits per heavy atom. The van der Waals surface area contributed by atoms with Gasteiger partial charge in [-0.1, -0.05) is 26.7 Å². The summed E-state index contributed by atoms with van der Waals surface area (Å²) in [5.74, 6) is 1.77. The van der Waals surface area contributed by atoms with Crippen LogP contribution in [0.4, 0.5) is 0 Å². The Bertz CT molecular complexity index is 1120. The third-order valence-corrected chi connectivity index (χ3v) is 6.59. The molecule has 1 aromatic carbocycles. The molecule has 0 aliphatic heterocycles. The molecule has 1 atom stereocenters. The Labute approximate surface area is 193 Å². The molecule has 178 valence electrons. The average molecular weight is 455 g/mol. The fourth-order valence-electron chi connectivity index (χ4n) is 4.97. The van der Waals surface area contributed by atoms with Crippen molar-refractivity contribution in [1.82, 2.24) is 30.1 Å². The Balaban J connectivity index is 1.69. The highest BCUT2D eigenvalue weighted by molar-refractivity contribution is 5.80. The second kappa shape index (κ2) is 10.4. The molecular formula is C24H34N6O3. The first-order chi connectivity index (χ1) is 16.0. The lowest BCUT2D eigenvalue weighted by molar-refractivity contribution is 0.120. The molecule has 2 N–H and O–H groups in total. The van der Waals surface area contributed by atoms with E-state index in [9.17, 15) is 9.90 Å². The van der Waals surface area contributed by atoms with E-state index in [-0.39, 0.29) is 24.1 Å². The monoisotopic (exact) mass is 454 g/mol. The summed E-state index contributed by atoms with van der Waals surface area (Å²) in [6, 6.07) is 7.87. The Hall–Kier alpha value is -2.78. The molecule has 0 radical (unpaired) electrons. The largest absolute Gasteiger partial charge is 0.497 e. The summed E-state index contributed by atoms with van der Waals surface area (Å²) in [7, 11) is 1.61. The van der Waals surface area contributed by atoms with Gasteiger partial charge in [-0.05, 0) is 59.2 Å². The maximum atomic E-state index is 13.0. The zero-order valence-corrected chi connectivity index (χ0v) is 19.7. The Morgan fingerprint density at radius 2 is 2.06 bits per heavy atom. The highest BCUT2D eigenvalue weighted by atomic mass is 16.5. The van der Waals surface area contributed by atoms with Crippen LogP contribution in [-0.2, 0) is 6.54 Å². The van der Waals surface area contributed by atoms with Gasteiger partial charge >= 0.3 is 0 Å². The highest BCUT2D eigenvalue weighted by Crippen LogP contribution is 2.34. The Morgan fingerprint density at radius 3 is 2.76 bits per heavy atom. The van der Waals surface area contributed by atoms with Gasteiger partial charge in [0.2, 0.25) is 0 Å². The number of tetrazole rings is 1. The van der Waals surface area contributed by atoms with Crippen LogP contribution >= 0.6 is 0 Å². The fourth-order valence-corrected chi connectivity index (χ4v) is 4.97. The van der Waals surface area contributed by atoms with Crippen LogP contribution in [0.15, 0.2) is 29.1 Å². The quantitative estimate of drug-likeness (QED) is 0.484. The van der Waals surface area contributed by atoms with E-state index in [1.165, 1.54) is 12.8 Å². The maximum Gasteiger partial charge on any atom is 0.252 e. The van der Waals surface area contributed by atoms with Crippen molar-refractivity contribution in [1.29, 1.82) is 0 Å². The number of fused-ring (bicyclic) bond motifs is 1. The van der Waals surface area contributed by atoms with Crippen molar-refractivity contribution >= 4 is 10.9 Å². The lowest BCUT2D eigenvalue weighted by Crippen LogP contribution is -2.37. The van der Waals surface area contributed by atoms with E-state index in [1.54, 1.807) is 7.11 Å². The summed E-state index contributed by atoms with van der Waals surface area (Å²) in [6.45, 7) is 5.47. The number of H-pyrrole nitrogens is 1. The molecule has 0 saturated heterocycles. The van der Waals surface area contributed by atoms with Gasteiger partial charge < -0.3 is 14.8 Å². The number of benzene rings is 1. The number of aromatic nitrogens is 5. The number of aromatic amines is 1. The van der Waals surface area contributed by atoms with Crippen molar-refractivity contribution in [3.05, 3.63) is 46.0 Å². The van der Waals surface area contributed by atoms with E-state index in [1.807, 2.05) is 28.9 Å². The van der Waals surface area contributed by atoms with Gasteiger partial charge in [0.15, 0.2) is 5.82 Å². The number of aliphatic hydroxyl groups is 1. The third kappa shape index (κ3) is 5.09. The highest BCUT2D eigenvalue weighted by Gasteiger charge is 2.32. The van der Waals surface area contributed by atoms with Crippen molar-refractivity contribution in [2.75, 3.05) is 20.3 Å². The second-order valence-corrected chi connectivity index (χ2v) is 9.23. The predicted octanol–water partition coefficient (Wildman–Crippen LogP) is 3.22.